The van der Waals surface area contributed by atoms with Crippen LogP contribution in [0, 0.1) is 0 Å². The van der Waals surface area contributed by atoms with Crippen LogP contribution >= 0.6 is 0 Å². The Hall–Kier alpha value is -0.610. The van der Waals surface area contributed by atoms with Crippen molar-refractivity contribution in [2.75, 3.05) is 13.2 Å². The average Bonchev–Trinajstić information content (AvgIpc) is 2.31. The van der Waals surface area contributed by atoms with Crippen molar-refractivity contribution in [1.29, 1.82) is 0 Å². The highest BCUT2D eigenvalue weighted by molar-refractivity contribution is 5.80. The topological polar surface area (TPSA) is 61.6 Å². The molecule has 0 bridgehead atoms. The van der Waals surface area contributed by atoms with E-state index in [1.54, 1.807) is 0 Å². The number of carbonyl (C=O) groups is 1. The fourth-order valence-corrected chi connectivity index (χ4v) is 2.39. The molecule has 2 N–H and O–H groups in total. The zero-order chi connectivity index (χ0) is 11.4. The molecular weight excluding hydrogens is 206 g/mol. The lowest BCUT2D eigenvalue weighted by molar-refractivity contribution is -0.160. The number of rotatable bonds is 2. The maximum Gasteiger partial charge on any atom is 0.326 e. The molecule has 1 aliphatic heterocycles. The molecule has 4 nitrogen and oxygen atoms in total. The second-order valence-corrected chi connectivity index (χ2v) is 4.93. The number of hydrogen-bond acceptors (Lipinski definition) is 4. The van der Waals surface area contributed by atoms with Gasteiger partial charge in [0.05, 0.1) is 0 Å². The quantitative estimate of drug-likeness (QED) is 0.724. The molecule has 0 aromatic heterocycles. The van der Waals surface area contributed by atoms with Crippen molar-refractivity contribution in [1.82, 2.24) is 0 Å². The molecule has 1 aliphatic carbocycles. The summed E-state index contributed by atoms with van der Waals surface area (Å²) in [5.74, 6) is -0.220. The third-order valence-electron chi connectivity index (χ3n) is 3.62. The molecule has 16 heavy (non-hydrogen) atoms. The van der Waals surface area contributed by atoms with Crippen LogP contribution in [0.25, 0.3) is 0 Å². The van der Waals surface area contributed by atoms with Crippen LogP contribution in [0.4, 0.5) is 0 Å². The highest BCUT2D eigenvalue weighted by Gasteiger charge is 2.38. The van der Waals surface area contributed by atoms with Gasteiger partial charge >= 0.3 is 5.97 Å². The van der Waals surface area contributed by atoms with Crippen LogP contribution in [0.5, 0.6) is 0 Å². The number of hydrogen-bond donors (Lipinski definition) is 1. The van der Waals surface area contributed by atoms with E-state index in [1.807, 2.05) is 0 Å². The highest BCUT2D eigenvalue weighted by atomic mass is 16.5. The molecule has 92 valence electrons. The predicted octanol–water partition coefficient (Wildman–Crippen LogP) is 1.37. The molecule has 1 saturated carbocycles. The first kappa shape index (κ1) is 11.9. The van der Waals surface area contributed by atoms with Gasteiger partial charge in [-0.2, -0.15) is 0 Å². The molecular formula is C12H21NO3. The van der Waals surface area contributed by atoms with Crippen molar-refractivity contribution in [3.05, 3.63) is 0 Å². The summed E-state index contributed by atoms with van der Waals surface area (Å²) in [5.41, 5.74) is 5.27. The van der Waals surface area contributed by atoms with E-state index >= 15 is 0 Å². The molecule has 0 amide bonds. The Kier molecular flexibility index (Phi) is 3.82. The zero-order valence-electron chi connectivity index (χ0n) is 9.74. The Labute approximate surface area is 96.5 Å². The lowest BCUT2D eigenvalue weighted by atomic mass is 9.91. The lowest BCUT2D eigenvalue weighted by Gasteiger charge is -2.33. The van der Waals surface area contributed by atoms with Gasteiger partial charge in [-0.3, -0.25) is 4.79 Å². The van der Waals surface area contributed by atoms with Gasteiger partial charge in [0.15, 0.2) is 0 Å². The molecule has 0 aromatic carbocycles. The van der Waals surface area contributed by atoms with E-state index in [0.29, 0.717) is 26.1 Å². The molecule has 0 unspecified atom stereocenters. The highest BCUT2D eigenvalue weighted by Crippen LogP contribution is 2.25. The van der Waals surface area contributed by atoms with Crippen molar-refractivity contribution >= 4 is 5.97 Å². The van der Waals surface area contributed by atoms with Gasteiger partial charge in [-0.15, -0.1) is 0 Å². The molecule has 2 fully saturated rings. The second-order valence-electron chi connectivity index (χ2n) is 4.93. The molecule has 1 heterocycles. The van der Waals surface area contributed by atoms with Crippen LogP contribution in [0.3, 0.4) is 0 Å². The van der Waals surface area contributed by atoms with Crippen LogP contribution < -0.4 is 5.73 Å². The standard InChI is InChI=1S/C12H21NO3/c13-12(6-8-15-9-7-12)11(14)16-10-4-2-1-3-5-10/h10H,1-9,13H2. The van der Waals surface area contributed by atoms with E-state index in [4.69, 9.17) is 15.2 Å². The van der Waals surface area contributed by atoms with Crippen LogP contribution in [-0.2, 0) is 14.3 Å². The van der Waals surface area contributed by atoms with E-state index in [-0.39, 0.29) is 12.1 Å². The van der Waals surface area contributed by atoms with E-state index in [0.717, 1.165) is 12.8 Å². The number of ether oxygens (including phenoxy) is 2. The number of carbonyl (C=O) groups excluding carboxylic acids is 1. The van der Waals surface area contributed by atoms with Gasteiger partial charge in [0.25, 0.3) is 0 Å². The third-order valence-corrected chi connectivity index (χ3v) is 3.62. The molecule has 0 aromatic rings. The Bertz CT molecular complexity index is 243. The van der Waals surface area contributed by atoms with Crippen molar-refractivity contribution < 1.29 is 14.3 Å². The smallest absolute Gasteiger partial charge is 0.326 e. The average molecular weight is 227 g/mol. The van der Waals surface area contributed by atoms with Gasteiger partial charge in [-0.1, -0.05) is 6.42 Å². The van der Waals surface area contributed by atoms with Gasteiger partial charge < -0.3 is 15.2 Å². The van der Waals surface area contributed by atoms with Gasteiger partial charge in [-0.05, 0) is 38.5 Å². The van der Waals surface area contributed by atoms with Gasteiger partial charge in [0, 0.05) is 13.2 Å². The lowest BCUT2D eigenvalue weighted by Crippen LogP contribution is -2.53. The molecule has 4 heteroatoms. The van der Waals surface area contributed by atoms with E-state index in [2.05, 4.69) is 0 Å². The number of esters is 1. The van der Waals surface area contributed by atoms with Crippen molar-refractivity contribution in [3.8, 4) is 0 Å². The van der Waals surface area contributed by atoms with Crippen LogP contribution in [0.2, 0.25) is 0 Å². The predicted molar refractivity (Wildman–Crippen MR) is 59.9 cm³/mol. The summed E-state index contributed by atoms with van der Waals surface area (Å²) in [6.07, 6.45) is 6.85. The maximum absolute atomic E-state index is 12.0. The molecule has 1 saturated heterocycles. The van der Waals surface area contributed by atoms with Gasteiger partial charge in [0.1, 0.15) is 11.6 Å². The van der Waals surface area contributed by atoms with Crippen molar-refractivity contribution in [3.63, 3.8) is 0 Å². The van der Waals surface area contributed by atoms with Crippen LogP contribution in [-0.4, -0.2) is 30.8 Å². The molecule has 0 spiro atoms. The van der Waals surface area contributed by atoms with E-state index in [9.17, 15) is 4.79 Å². The van der Waals surface area contributed by atoms with E-state index < -0.39 is 5.54 Å². The number of nitrogens with two attached hydrogens (primary N) is 1. The first-order valence-electron chi connectivity index (χ1n) is 6.28. The summed E-state index contributed by atoms with van der Waals surface area (Å²) < 4.78 is 10.7. The summed E-state index contributed by atoms with van der Waals surface area (Å²) >= 11 is 0. The van der Waals surface area contributed by atoms with Gasteiger partial charge in [-0.25, -0.2) is 0 Å². The second kappa shape index (κ2) is 5.15. The summed E-state index contributed by atoms with van der Waals surface area (Å²) in [6, 6.07) is 0. The summed E-state index contributed by atoms with van der Waals surface area (Å²) in [7, 11) is 0. The fourth-order valence-electron chi connectivity index (χ4n) is 2.39. The van der Waals surface area contributed by atoms with Gasteiger partial charge in [0.2, 0.25) is 0 Å². The molecule has 2 aliphatic rings. The van der Waals surface area contributed by atoms with Crippen molar-refractivity contribution in [2.24, 2.45) is 5.73 Å². The fraction of sp³-hybridized carbons (Fsp3) is 0.917. The third kappa shape index (κ3) is 2.74. The summed E-state index contributed by atoms with van der Waals surface area (Å²) in [4.78, 5) is 12.0. The molecule has 0 radical (unpaired) electrons. The maximum atomic E-state index is 12.0. The minimum atomic E-state index is -0.796. The summed E-state index contributed by atoms with van der Waals surface area (Å²) in [6.45, 7) is 1.13. The Balaban J connectivity index is 1.85. The van der Waals surface area contributed by atoms with Crippen LogP contribution in [0.1, 0.15) is 44.9 Å². The normalized spacial score (nSPS) is 26.3. The minimum absolute atomic E-state index is 0.101. The Morgan fingerprint density at radius 2 is 1.81 bits per heavy atom. The Morgan fingerprint density at radius 3 is 2.44 bits per heavy atom. The Morgan fingerprint density at radius 1 is 1.19 bits per heavy atom. The largest absolute Gasteiger partial charge is 0.461 e. The monoisotopic (exact) mass is 227 g/mol. The molecule has 2 rings (SSSR count). The van der Waals surface area contributed by atoms with Crippen molar-refractivity contribution in [2.45, 2.75) is 56.6 Å². The van der Waals surface area contributed by atoms with Crippen LogP contribution in [0.15, 0.2) is 0 Å². The van der Waals surface area contributed by atoms with E-state index in [1.165, 1.54) is 19.3 Å². The minimum Gasteiger partial charge on any atom is -0.461 e. The zero-order valence-corrected chi connectivity index (χ0v) is 9.74. The molecule has 0 atom stereocenters. The summed E-state index contributed by atoms with van der Waals surface area (Å²) in [5, 5.41) is 0. The SMILES string of the molecule is NC1(C(=O)OC2CCCCC2)CCOCC1. The first-order chi connectivity index (χ1) is 7.71. The first-order valence-corrected chi connectivity index (χ1v) is 6.28.